The normalized spacial score (nSPS) is 10.9. The number of hydrogen-bond donors (Lipinski definition) is 0. The van der Waals surface area contributed by atoms with Gasteiger partial charge >= 0.3 is 5.97 Å². The minimum absolute atomic E-state index is 0.133. The maximum atomic E-state index is 11.5. The molecule has 1 rings (SSSR count). The minimum atomic E-state index is -1.27. The van der Waals surface area contributed by atoms with Crippen LogP contribution in [0.25, 0.3) is 0 Å². The lowest BCUT2D eigenvalue weighted by atomic mass is 10.1. The first-order valence-corrected chi connectivity index (χ1v) is 5.25. The predicted molar refractivity (Wildman–Crippen MR) is 61.2 cm³/mol. The number of carbonyl (C=O) groups is 2. The minimum Gasteiger partial charge on any atom is -0.450 e. The molecule has 0 aliphatic rings. The number of esters is 1. The molecule has 16 heavy (non-hydrogen) atoms. The Morgan fingerprint density at radius 3 is 2.31 bits per heavy atom. The van der Waals surface area contributed by atoms with E-state index in [4.69, 9.17) is 16.3 Å². The van der Waals surface area contributed by atoms with Crippen LogP contribution in [0.4, 0.5) is 0 Å². The van der Waals surface area contributed by atoms with Crippen LogP contribution in [0.2, 0.25) is 0 Å². The first-order valence-electron chi connectivity index (χ1n) is 4.87. The molecule has 0 saturated carbocycles. The predicted octanol–water partition coefficient (Wildman–Crippen LogP) is 2.32. The van der Waals surface area contributed by atoms with Crippen LogP contribution < -0.4 is 0 Å². The Balaban J connectivity index is 2.58. The van der Waals surface area contributed by atoms with Gasteiger partial charge in [-0.05, 0) is 31.0 Å². The third-order valence-electron chi connectivity index (χ3n) is 2.03. The number of rotatable bonds is 4. The highest BCUT2D eigenvalue weighted by Crippen LogP contribution is 2.14. The van der Waals surface area contributed by atoms with Gasteiger partial charge in [-0.15, -0.1) is 0 Å². The Hall–Kier alpha value is -1.35. The summed E-state index contributed by atoms with van der Waals surface area (Å²) in [6.45, 7) is 2.93. The van der Waals surface area contributed by atoms with Crippen LogP contribution in [0.5, 0.6) is 0 Å². The van der Waals surface area contributed by atoms with E-state index in [1.807, 2.05) is 30.3 Å². The number of halogens is 1. The van der Waals surface area contributed by atoms with Gasteiger partial charge in [0.05, 0.1) is 6.42 Å². The summed E-state index contributed by atoms with van der Waals surface area (Å²) < 4.78 is 4.98. The van der Waals surface area contributed by atoms with E-state index in [0.29, 0.717) is 0 Å². The van der Waals surface area contributed by atoms with Gasteiger partial charge in [-0.3, -0.25) is 9.59 Å². The molecule has 0 fully saturated rings. The molecule has 1 aromatic rings. The summed E-state index contributed by atoms with van der Waals surface area (Å²) in [6, 6.07) is 9.16. The molecule has 0 radical (unpaired) electrons. The third-order valence-corrected chi connectivity index (χ3v) is 2.49. The van der Waals surface area contributed by atoms with Crippen molar-refractivity contribution < 1.29 is 14.3 Å². The molecule has 4 heteroatoms. The summed E-state index contributed by atoms with van der Waals surface area (Å²) in [5.41, 5.74) is -0.432. The van der Waals surface area contributed by atoms with Crippen molar-refractivity contribution in [1.29, 1.82) is 0 Å². The molecule has 0 amide bonds. The standard InChI is InChI=1S/C12H13ClO3/c1-12(2,11(13)15)16-10(14)8-9-6-4-3-5-7-9/h3-7H,8H2,1-2H3. The number of hydrogen-bond acceptors (Lipinski definition) is 3. The molecule has 0 heterocycles. The van der Waals surface area contributed by atoms with Gasteiger partial charge in [0.2, 0.25) is 0 Å². The monoisotopic (exact) mass is 240 g/mol. The van der Waals surface area contributed by atoms with Gasteiger partial charge in [0.15, 0.2) is 5.60 Å². The summed E-state index contributed by atoms with van der Waals surface area (Å²) in [4.78, 5) is 22.4. The fraction of sp³-hybridized carbons (Fsp3) is 0.333. The van der Waals surface area contributed by atoms with E-state index in [1.54, 1.807) is 0 Å². The molecular weight excluding hydrogens is 228 g/mol. The third kappa shape index (κ3) is 3.66. The van der Waals surface area contributed by atoms with Crippen molar-refractivity contribution in [2.45, 2.75) is 25.9 Å². The summed E-state index contributed by atoms with van der Waals surface area (Å²) >= 11 is 5.30. The highest BCUT2D eigenvalue weighted by molar-refractivity contribution is 6.65. The van der Waals surface area contributed by atoms with Gasteiger partial charge in [-0.25, -0.2) is 0 Å². The molecule has 0 atom stereocenters. The van der Waals surface area contributed by atoms with E-state index >= 15 is 0 Å². The molecule has 0 saturated heterocycles. The van der Waals surface area contributed by atoms with Crippen molar-refractivity contribution in [3.8, 4) is 0 Å². The van der Waals surface area contributed by atoms with Crippen LogP contribution in [-0.4, -0.2) is 16.8 Å². The lowest BCUT2D eigenvalue weighted by Gasteiger charge is -2.20. The van der Waals surface area contributed by atoms with Crippen LogP contribution in [0.3, 0.4) is 0 Å². The Morgan fingerprint density at radius 2 is 1.81 bits per heavy atom. The van der Waals surface area contributed by atoms with Crippen molar-refractivity contribution >= 4 is 22.8 Å². The number of carbonyl (C=O) groups excluding carboxylic acids is 2. The molecule has 0 unspecified atom stereocenters. The molecule has 0 N–H and O–H groups in total. The first kappa shape index (κ1) is 12.7. The van der Waals surface area contributed by atoms with Gasteiger partial charge in [-0.2, -0.15) is 0 Å². The van der Waals surface area contributed by atoms with Crippen LogP contribution in [-0.2, 0) is 20.7 Å². The number of ether oxygens (including phenoxy) is 1. The maximum absolute atomic E-state index is 11.5. The molecule has 86 valence electrons. The van der Waals surface area contributed by atoms with E-state index in [9.17, 15) is 9.59 Å². The lowest BCUT2D eigenvalue weighted by molar-refractivity contribution is -0.160. The Kier molecular flexibility index (Phi) is 4.07. The SMILES string of the molecule is CC(C)(OC(=O)Cc1ccccc1)C(=O)Cl. The molecule has 0 aromatic heterocycles. The number of benzene rings is 1. The second-order valence-electron chi connectivity index (χ2n) is 3.92. The zero-order valence-electron chi connectivity index (χ0n) is 9.20. The average Bonchev–Trinajstić information content (AvgIpc) is 2.17. The fourth-order valence-electron chi connectivity index (χ4n) is 1.12. The van der Waals surface area contributed by atoms with E-state index in [-0.39, 0.29) is 6.42 Å². The molecule has 0 aliphatic carbocycles. The highest BCUT2D eigenvalue weighted by atomic mass is 35.5. The van der Waals surface area contributed by atoms with Crippen molar-refractivity contribution in [2.75, 3.05) is 0 Å². The highest BCUT2D eigenvalue weighted by Gasteiger charge is 2.30. The maximum Gasteiger partial charge on any atom is 0.311 e. The van der Waals surface area contributed by atoms with Crippen molar-refractivity contribution in [3.05, 3.63) is 35.9 Å². The zero-order valence-corrected chi connectivity index (χ0v) is 9.95. The van der Waals surface area contributed by atoms with E-state index in [2.05, 4.69) is 0 Å². The molecule has 0 aliphatic heterocycles. The molecule has 3 nitrogen and oxygen atoms in total. The second-order valence-corrected chi connectivity index (χ2v) is 4.26. The Morgan fingerprint density at radius 1 is 1.25 bits per heavy atom. The smallest absolute Gasteiger partial charge is 0.311 e. The lowest BCUT2D eigenvalue weighted by Crippen LogP contribution is -2.34. The molecule has 1 aromatic carbocycles. The van der Waals surface area contributed by atoms with Crippen LogP contribution >= 0.6 is 11.6 Å². The van der Waals surface area contributed by atoms with Crippen molar-refractivity contribution in [2.24, 2.45) is 0 Å². The van der Waals surface area contributed by atoms with Crippen LogP contribution in [0, 0.1) is 0 Å². The van der Waals surface area contributed by atoms with E-state index in [0.717, 1.165) is 5.56 Å². The summed E-state index contributed by atoms with van der Waals surface area (Å²) in [5, 5.41) is -0.686. The van der Waals surface area contributed by atoms with Gasteiger partial charge in [-0.1, -0.05) is 30.3 Å². The second kappa shape index (κ2) is 5.12. The fourth-order valence-corrected chi connectivity index (χ4v) is 1.16. The van der Waals surface area contributed by atoms with Crippen LogP contribution in [0.1, 0.15) is 19.4 Å². The van der Waals surface area contributed by atoms with E-state index < -0.39 is 16.8 Å². The Bertz CT molecular complexity index is 385. The van der Waals surface area contributed by atoms with E-state index in [1.165, 1.54) is 13.8 Å². The Labute approximate surface area is 99.4 Å². The van der Waals surface area contributed by atoms with Gasteiger partial charge in [0.25, 0.3) is 5.24 Å². The summed E-state index contributed by atoms with van der Waals surface area (Å²) in [7, 11) is 0. The van der Waals surface area contributed by atoms with Crippen molar-refractivity contribution in [3.63, 3.8) is 0 Å². The quantitative estimate of drug-likeness (QED) is 0.599. The van der Waals surface area contributed by atoms with Crippen LogP contribution in [0.15, 0.2) is 30.3 Å². The topological polar surface area (TPSA) is 43.4 Å². The largest absolute Gasteiger partial charge is 0.450 e. The summed E-state index contributed by atoms with van der Waals surface area (Å²) in [6.07, 6.45) is 0.133. The van der Waals surface area contributed by atoms with Gasteiger partial charge in [0, 0.05) is 0 Å². The molecule has 0 spiro atoms. The average molecular weight is 241 g/mol. The zero-order chi connectivity index (χ0) is 12.2. The van der Waals surface area contributed by atoms with Crippen molar-refractivity contribution in [1.82, 2.24) is 0 Å². The van der Waals surface area contributed by atoms with Gasteiger partial charge < -0.3 is 4.74 Å². The molecular formula is C12H13ClO3. The molecule has 0 bridgehead atoms. The summed E-state index contributed by atoms with van der Waals surface area (Å²) in [5.74, 6) is -0.467. The first-order chi connectivity index (χ1) is 7.42. The van der Waals surface area contributed by atoms with Gasteiger partial charge in [0.1, 0.15) is 0 Å².